The Morgan fingerprint density at radius 1 is 1.14 bits per heavy atom. The molecule has 0 atom stereocenters. The summed E-state index contributed by atoms with van der Waals surface area (Å²) in [5.74, 6) is -0.411. The molecule has 0 fully saturated rings. The molecule has 0 amide bonds. The van der Waals surface area contributed by atoms with Crippen molar-refractivity contribution in [1.29, 1.82) is 0 Å². The quantitative estimate of drug-likeness (QED) is 0.279. The smallest absolute Gasteiger partial charge is 0.347 e. The molecule has 28 heavy (non-hydrogen) atoms. The molecule has 0 heterocycles. The van der Waals surface area contributed by atoms with E-state index < -0.39 is 11.6 Å². The number of thioether (sulfide) groups is 1. The van der Waals surface area contributed by atoms with Crippen LogP contribution in [0.15, 0.2) is 46.4 Å². The molecule has 0 radical (unpaired) electrons. The van der Waals surface area contributed by atoms with E-state index in [1.165, 1.54) is 13.8 Å². The summed E-state index contributed by atoms with van der Waals surface area (Å²) in [4.78, 5) is 12.5. The van der Waals surface area contributed by atoms with Crippen molar-refractivity contribution in [3.05, 3.63) is 58.7 Å². The number of hydrogen-bond donors (Lipinski definition) is 2. The number of benzene rings is 2. The summed E-state index contributed by atoms with van der Waals surface area (Å²) in [6.07, 6.45) is 3.31. The Morgan fingerprint density at radius 3 is 2.18 bits per heavy atom. The number of nitrogens with zero attached hydrogens (tertiary/aromatic N) is 1. The van der Waals surface area contributed by atoms with Gasteiger partial charge in [-0.25, -0.2) is 4.79 Å². The lowest BCUT2D eigenvalue weighted by atomic mass is 9.98. The highest BCUT2D eigenvalue weighted by Gasteiger charge is 2.30. The molecular formula is C22H27NO4S. The number of carbonyl (C=O) groups is 1. The number of rotatable bonds is 8. The zero-order valence-electron chi connectivity index (χ0n) is 16.9. The number of oxime groups is 1. The fourth-order valence-electron chi connectivity index (χ4n) is 2.94. The molecule has 2 N–H and O–H groups in total. The van der Waals surface area contributed by atoms with Crippen LogP contribution < -0.4 is 4.74 Å². The molecular weight excluding hydrogens is 374 g/mol. The van der Waals surface area contributed by atoms with E-state index in [2.05, 4.69) is 5.16 Å². The highest BCUT2D eigenvalue weighted by molar-refractivity contribution is 7.98. The topological polar surface area (TPSA) is 79.1 Å². The Kier molecular flexibility index (Phi) is 7.13. The number of ether oxygens (including phenoxy) is 1. The minimum atomic E-state index is -1.29. The van der Waals surface area contributed by atoms with Gasteiger partial charge in [0.25, 0.3) is 0 Å². The summed E-state index contributed by atoms with van der Waals surface area (Å²) < 4.78 is 5.75. The fourth-order valence-corrected chi connectivity index (χ4v) is 3.35. The van der Waals surface area contributed by atoms with Crippen LogP contribution in [-0.4, -0.2) is 33.9 Å². The fraction of sp³-hybridized carbons (Fsp3) is 0.364. The Morgan fingerprint density at radius 2 is 1.71 bits per heavy atom. The van der Waals surface area contributed by atoms with Crippen LogP contribution in [0.1, 0.15) is 42.5 Å². The van der Waals surface area contributed by atoms with Gasteiger partial charge in [0.1, 0.15) is 5.75 Å². The van der Waals surface area contributed by atoms with Crippen molar-refractivity contribution in [1.82, 2.24) is 0 Å². The molecule has 5 nitrogen and oxygen atoms in total. The van der Waals surface area contributed by atoms with E-state index in [1.54, 1.807) is 11.8 Å². The maximum atomic E-state index is 11.3. The summed E-state index contributed by atoms with van der Waals surface area (Å²) in [5.41, 5.74) is 3.09. The molecule has 150 valence electrons. The van der Waals surface area contributed by atoms with E-state index in [9.17, 15) is 15.1 Å². The number of carboxylic acids is 1. The van der Waals surface area contributed by atoms with Crippen molar-refractivity contribution < 1.29 is 19.8 Å². The van der Waals surface area contributed by atoms with E-state index in [0.29, 0.717) is 24.3 Å². The maximum Gasteiger partial charge on any atom is 0.347 e. The van der Waals surface area contributed by atoms with Crippen LogP contribution in [0, 0.1) is 13.8 Å². The average Bonchev–Trinajstić information content (AvgIpc) is 2.65. The van der Waals surface area contributed by atoms with Gasteiger partial charge in [-0.15, -0.1) is 11.8 Å². The third-order valence-corrected chi connectivity index (χ3v) is 5.33. The van der Waals surface area contributed by atoms with Gasteiger partial charge in [-0.05, 0) is 81.2 Å². The van der Waals surface area contributed by atoms with E-state index in [0.717, 1.165) is 27.1 Å². The van der Waals surface area contributed by atoms with Crippen LogP contribution in [0.25, 0.3) is 0 Å². The van der Waals surface area contributed by atoms with Gasteiger partial charge in [-0.2, -0.15) is 0 Å². The predicted octanol–water partition coefficient (Wildman–Crippen LogP) is 5.08. The zero-order chi connectivity index (χ0) is 20.9. The number of aryl methyl sites for hydroxylation is 3. The van der Waals surface area contributed by atoms with Crippen molar-refractivity contribution in [2.24, 2.45) is 5.16 Å². The van der Waals surface area contributed by atoms with Gasteiger partial charge in [0.2, 0.25) is 0 Å². The molecule has 0 spiro atoms. The first-order chi connectivity index (χ1) is 13.2. The third kappa shape index (κ3) is 5.29. The molecule has 0 saturated heterocycles. The Bertz CT molecular complexity index is 850. The number of carboxylic acid groups (broad SMARTS) is 1. The minimum Gasteiger partial charge on any atom is -0.478 e. The van der Waals surface area contributed by atoms with Crippen LogP contribution in [0.2, 0.25) is 0 Å². The van der Waals surface area contributed by atoms with Gasteiger partial charge >= 0.3 is 5.97 Å². The summed E-state index contributed by atoms with van der Waals surface area (Å²) in [5, 5.41) is 22.2. The SMILES string of the molecule is CSc1ccc(C(CCc2cc(C)c(OC(C)(C)C(=O)O)c(C)c2)=NO)cc1. The van der Waals surface area contributed by atoms with Crippen molar-refractivity contribution in [3.63, 3.8) is 0 Å². The van der Waals surface area contributed by atoms with Crippen molar-refractivity contribution in [2.75, 3.05) is 6.26 Å². The van der Waals surface area contributed by atoms with Crippen LogP contribution in [-0.2, 0) is 11.2 Å². The van der Waals surface area contributed by atoms with Crippen LogP contribution in [0.5, 0.6) is 5.75 Å². The van der Waals surface area contributed by atoms with E-state index >= 15 is 0 Å². The predicted molar refractivity (Wildman–Crippen MR) is 113 cm³/mol. The molecule has 0 aromatic heterocycles. The van der Waals surface area contributed by atoms with E-state index in [-0.39, 0.29) is 0 Å². The molecule has 0 aliphatic heterocycles. The van der Waals surface area contributed by atoms with Gasteiger partial charge in [0.05, 0.1) is 5.71 Å². The largest absolute Gasteiger partial charge is 0.478 e. The zero-order valence-corrected chi connectivity index (χ0v) is 17.8. The highest BCUT2D eigenvalue weighted by Crippen LogP contribution is 2.29. The second-order valence-corrected chi connectivity index (χ2v) is 8.13. The normalized spacial score (nSPS) is 12.1. The minimum absolute atomic E-state index is 0.592. The first-order valence-electron chi connectivity index (χ1n) is 9.06. The molecule has 2 rings (SSSR count). The van der Waals surface area contributed by atoms with Crippen LogP contribution in [0.4, 0.5) is 0 Å². The monoisotopic (exact) mass is 401 g/mol. The molecule has 0 aliphatic carbocycles. The lowest BCUT2D eigenvalue weighted by Crippen LogP contribution is -2.38. The molecule has 0 aliphatic rings. The van der Waals surface area contributed by atoms with Crippen LogP contribution in [0.3, 0.4) is 0 Å². The van der Waals surface area contributed by atoms with Crippen molar-refractivity contribution >= 4 is 23.4 Å². The Balaban J connectivity index is 2.14. The molecule has 2 aromatic carbocycles. The third-order valence-electron chi connectivity index (χ3n) is 4.59. The molecule has 0 bridgehead atoms. The number of aliphatic carboxylic acids is 1. The summed E-state index contributed by atoms with van der Waals surface area (Å²) in [6.45, 7) is 6.89. The number of hydrogen-bond acceptors (Lipinski definition) is 5. The molecule has 0 unspecified atom stereocenters. The van der Waals surface area contributed by atoms with Crippen molar-refractivity contribution in [3.8, 4) is 5.75 Å². The van der Waals surface area contributed by atoms with Gasteiger partial charge in [0.15, 0.2) is 5.60 Å². The van der Waals surface area contributed by atoms with E-state index in [1.807, 2.05) is 56.5 Å². The standard InChI is InChI=1S/C22H27NO4S/c1-14-12-16(13-15(2)20(14)27-22(3,4)21(24)25)6-11-19(23-26)17-7-9-18(28-5)10-8-17/h7-10,12-13,26H,6,11H2,1-5H3,(H,24,25). The second-order valence-electron chi connectivity index (χ2n) is 7.25. The summed E-state index contributed by atoms with van der Waals surface area (Å²) in [7, 11) is 0. The van der Waals surface area contributed by atoms with Crippen molar-refractivity contribution in [2.45, 2.75) is 51.0 Å². The lowest BCUT2D eigenvalue weighted by Gasteiger charge is -2.24. The summed E-state index contributed by atoms with van der Waals surface area (Å²) in [6, 6.07) is 11.9. The van der Waals surface area contributed by atoms with Gasteiger partial charge in [0, 0.05) is 4.90 Å². The van der Waals surface area contributed by atoms with Crippen LogP contribution >= 0.6 is 11.8 Å². The first-order valence-corrected chi connectivity index (χ1v) is 10.3. The summed E-state index contributed by atoms with van der Waals surface area (Å²) >= 11 is 1.67. The Labute approximate surface area is 170 Å². The molecule has 2 aromatic rings. The van der Waals surface area contributed by atoms with Gasteiger partial charge in [-0.3, -0.25) is 0 Å². The molecule has 6 heteroatoms. The van der Waals surface area contributed by atoms with E-state index in [4.69, 9.17) is 4.74 Å². The first kappa shape index (κ1) is 21.8. The van der Waals surface area contributed by atoms with Gasteiger partial charge in [-0.1, -0.05) is 29.4 Å². The maximum absolute atomic E-state index is 11.3. The highest BCUT2D eigenvalue weighted by atomic mass is 32.2. The average molecular weight is 402 g/mol. The Hall–Kier alpha value is -2.47. The lowest BCUT2D eigenvalue weighted by molar-refractivity contribution is -0.152. The molecule has 0 saturated carbocycles. The van der Waals surface area contributed by atoms with Gasteiger partial charge < -0.3 is 15.1 Å². The second kappa shape index (κ2) is 9.15.